The second kappa shape index (κ2) is 8.01. The molecule has 0 aliphatic carbocycles. The van der Waals surface area contributed by atoms with E-state index in [-0.39, 0.29) is 15.5 Å². The molecule has 3 heterocycles. The van der Waals surface area contributed by atoms with Gasteiger partial charge in [0, 0.05) is 25.0 Å². The van der Waals surface area contributed by atoms with E-state index in [0.29, 0.717) is 24.5 Å². The predicted octanol–water partition coefficient (Wildman–Crippen LogP) is 2.07. The van der Waals surface area contributed by atoms with Crippen LogP contribution in [-0.2, 0) is 10.0 Å². The van der Waals surface area contributed by atoms with Crippen LogP contribution in [0.2, 0.25) is 0 Å². The monoisotopic (exact) mass is 445 g/mol. The second-order valence-corrected chi connectivity index (χ2v) is 9.56. The van der Waals surface area contributed by atoms with Gasteiger partial charge in [-0.1, -0.05) is 0 Å². The molecule has 0 unspecified atom stereocenters. The van der Waals surface area contributed by atoms with Crippen LogP contribution in [0.4, 0.5) is 5.69 Å². The Bertz CT molecular complexity index is 1190. The zero-order valence-electron chi connectivity index (χ0n) is 15.8. The van der Waals surface area contributed by atoms with Crippen molar-refractivity contribution in [2.45, 2.75) is 17.7 Å². The highest BCUT2D eigenvalue weighted by molar-refractivity contribution is 7.89. The van der Waals surface area contributed by atoms with Crippen LogP contribution in [-0.4, -0.2) is 47.4 Å². The number of thiophene rings is 1. The summed E-state index contributed by atoms with van der Waals surface area (Å²) in [5.41, 5.74) is 6.53. The molecule has 1 aliphatic rings. The van der Waals surface area contributed by atoms with Crippen molar-refractivity contribution in [3.05, 3.63) is 58.5 Å². The summed E-state index contributed by atoms with van der Waals surface area (Å²) in [6.45, 7) is 0.956. The average molecular weight is 446 g/mol. The Morgan fingerprint density at radius 2 is 1.77 bits per heavy atom. The van der Waals surface area contributed by atoms with Crippen LogP contribution >= 0.6 is 11.3 Å². The Kier molecular flexibility index (Phi) is 5.41. The van der Waals surface area contributed by atoms with Crippen molar-refractivity contribution in [3.8, 4) is 5.69 Å². The zero-order valence-corrected chi connectivity index (χ0v) is 17.4. The molecule has 0 spiro atoms. The molecule has 1 aliphatic heterocycles. The minimum atomic E-state index is -3.68. The minimum absolute atomic E-state index is 0.0408. The fourth-order valence-corrected chi connectivity index (χ4v) is 6.03. The number of carbonyl (C=O) groups excluding carboxylic acids is 2. The van der Waals surface area contributed by atoms with Crippen LogP contribution in [0, 0.1) is 0 Å². The maximum Gasteiger partial charge on any atom is 0.269 e. The molecule has 11 heteroatoms. The number of hydrogen-bond acceptors (Lipinski definition) is 6. The van der Waals surface area contributed by atoms with Crippen molar-refractivity contribution in [2.75, 3.05) is 18.4 Å². The molecule has 0 saturated carbocycles. The van der Waals surface area contributed by atoms with Gasteiger partial charge in [0.1, 0.15) is 15.5 Å². The summed E-state index contributed by atoms with van der Waals surface area (Å²) in [4.78, 5) is 24.1. The molecule has 4 rings (SSSR count). The summed E-state index contributed by atoms with van der Waals surface area (Å²) in [7, 11) is -3.68. The lowest BCUT2D eigenvalue weighted by molar-refractivity contribution is 0.0993. The minimum Gasteiger partial charge on any atom is -0.364 e. The number of rotatable bonds is 6. The summed E-state index contributed by atoms with van der Waals surface area (Å²) in [5, 5.41) is 8.41. The van der Waals surface area contributed by atoms with Crippen LogP contribution in [0.25, 0.3) is 5.69 Å². The summed E-state index contributed by atoms with van der Waals surface area (Å²) in [5.74, 6) is -1.10. The third-order valence-corrected chi connectivity index (χ3v) is 7.73. The first-order valence-electron chi connectivity index (χ1n) is 9.21. The van der Waals surface area contributed by atoms with E-state index in [4.69, 9.17) is 5.73 Å². The maximum atomic E-state index is 12.8. The smallest absolute Gasteiger partial charge is 0.269 e. The summed E-state index contributed by atoms with van der Waals surface area (Å²) in [6.07, 6.45) is 3.26. The largest absolute Gasteiger partial charge is 0.364 e. The fraction of sp³-hybridized carbons (Fsp3) is 0.211. The highest BCUT2D eigenvalue weighted by atomic mass is 32.2. The van der Waals surface area contributed by atoms with E-state index in [1.165, 1.54) is 21.1 Å². The number of nitrogens with one attached hydrogen (secondary N) is 1. The molecular weight excluding hydrogens is 426 g/mol. The SMILES string of the molecule is NC(=O)c1ccn(-c2ccc(NC(=O)c3sccc3S(=O)(=O)N3CCCC3)cc2)n1. The van der Waals surface area contributed by atoms with Gasteiger partial charge in [-0.15, -0.1) is 11.3 Å². The first-order valence-corrected chi connectivity index (χ1v) is 11.5. The number of amides is 2. The van der Waals surface area contributed by atoms with Gasteiger partial charge in [0.2, 0.25) is 10.0 Å². The van der Waals surface area contributed by atoms with Crippen molar-refractivity contribution >= 4 is 38.9 Å². The first-order chi connectivity index (χ1) is 14.4. The third kappa shape index (κ3) is 3.86. The van der Waals surface area contributed by atoms with Gasteiger partial charge < -0.3 is 11.1 Å². The molecule has 1 saturated heterocycles. The van der Waals surface area contributed by atoms with Crippen LogP contribution in [0.3, 0.4) is 0 Å². The normalized spacial score (nSPS) is 14.7. The molecule has 0 atom stereocenters. The highest BCUT2D eigenvalue weighted by Crippen LogP contribution is 2.28. The van der Waals surface area contributed by atoms with Gasteiger partial charge in [0.15, 0.2) is 0 Å². The van der Waals surface area contributed by atoms with Crippen LogP contribution < -0.4 is 11.1 Å². The number of carbonyl (C=O) groups is 2. The molecule has 1 aromatic carbocycles. The third-order valence-electron chi connectivity index (χ3n) is 4.75. The van der Waals surface area contributed by atoms with Crippen molar-refractivity contribution in [1.82, 2.24) is 14.1 Å². The van der Waals surface area contributed by atoms with E-state index in [1.54, 1.807) is 35.8 Å². The topological polar surface area (TPSA) is 127 Å². The molecule has 2 amide bonds. The fourth-order valence-electron chi connectivity index (χ4n) is 3.22. The Balaban J connectivity index is 1.51. The molecule has 30 heavy (non-hydrogen) atoms. The number of anilines is 1. The van der Waals surface area contributed by atoms with Gasteiger partial charge in [0.05, 0.1) is 5.69 Å². The van der Waals surface area contributed by atoms with Gasteiger partial charge in [-0.05, 0) is 54.6 Å². The highest BCUT2D eigenvalue weighted by Gasteiger charge is 2.31. The number of sulfonamides is 1. The Hall–Kier alpha value is -3.02. The maximum absolute atomic E-state index is 12.8. The number of aromatic nitrogens is 2. The Morgan fingerprint density at radius 1 is 1.07 bits per heavy atom. The zero-order chi connectivity index (χ0) is 21.3. The Morgan fingerprint density at radius 3 is 2.40 bits per heavy atom. The van der Waals surface area contributed by atoms with Crippen molar-refractivity contribution in [2.24, 2.45) is 5.73 Å². The van der Waals surface area contributed by atoms with E-state index in [1.807, 2.05) is 0 Å². The first kappa shape index (κ1) is 20.3. The number of nitrogens with zero attached hydrogens (tertiary/aromatic N) is 3. The summed E-state index contributed by atoms with van der Waals surface area (Å²) in [6, 6.07) is 9.75. The summed E-state index contributed by atoms with van der Waals surface area (Å²) < 4.78 is 28.6. The van der Waals surface area contributed by atoms with Gasteiger partial charge in [0.25, 0.3) is 11.8 Å². The van der Waals surface area contributed by atoms with E-state index in [9.17, 15) is 18.0 Å². The molecule has 156 valence electrons. The quantitative estimate of drug-likeness (QED) is 0.600. The van der Waals surface area contributed by atoms with Crippen LogP contribution in [0.5, 0.6) is 0 Å². The van der Waals surface area contributed by atoms with E-state index in [2.05, 4.69) is 10.4 Å². The molecule has 0 radical (unpaired) electrons. The molecule has 9 nitrogen and oxygen atoms in total. The predicted molar refractivity (Wildman–Crippen MR) is 112 cm³/mol. The van der Waals surface area contributed by atoms with Crippen molar-refractivity contribution in [1.29, 1.82) is 0 Å². The number of benzene rings is 1. The van der Waals surface area contributed by atoms with Crippen LogP contribution in [0.1, 0.15) is 33.0 Å². The Labute approximate surface area is 177 Å². The van der Waals surface area contributed by atoms with E-state index in [0.717, 1.165) is 24.2 Å². The van der Waals surface area contributed by atoms with Crippen molar-refractivity contribution in [3.63, 3.8) is 0 Å². The summed E-state index contributed by atoms with van der Waals surface area (Å²) >= 11 is 1.09. The molecule has 1 fully saturated rings. The number of hydrogen-bond donors (Lipinski definition) is 2. The van der Waals surface area contributed by atoms with Gasteiger partial charge in [-0.2, -0.15) is 9.40 Å². The standard InChI is InChI=1S/C19H19N5O4S2/c20-18(25)15-7-11-24(22-15)14-5-3-13(4-6-14)21-19(26)17-16(8-12-29-17)30(27,28)23-9-1-2-10-23/h3-8,11-12H,1-2,9-10H2,(H2,20,25)(H,21,26). The molecular formula is C19H19N5O4S2. The van der Waals surface area contributed by atoms with Gasteiger partial charge in [-0.25, -0.2) is 13.1 Å². The van der Waals surface area contributed by atoms with Gasteiger partial charge in [-0.3, -0.25) is 9.59 Å². The molecule has 2 aromatic heterocycles. The van der Waals surface area contributed by atoms with E-state index >= 15 is 0 Å². The molecule has 3 N–H and O–H groups in total. The van der Waals surface area contributed by atoms with Crippen molar-refractivity contribution < 1.29 is 18.0 Å². The lowest BCUT2D eigenvalue weighted by atomic mass is 10.2. The van der Waals surface area contributed by atoms with Gasteiger partial charge >= 0.3 is 0 Å². The van der Waals surface area contributed by atoms with Crippen LogP contribution in [0.15, 0.2) is 52.9 Å². The molecule has 3 aromatic rings. The lowest BCUT2D eigenvalue weighted by Crippen LogP contribution is -2.29. The average Bonchev–Trinajstić information content (AvgIpc) is 3.50. The lowest BCUT2D eigenvalue weighted by Gasteiger charge is -2.15. The number of nitrogens with two attached hydrogens (primary N) is 1. The number of primary amides is 1. The second-order valence-electron chi connectivity index (χ2n) is 6.74. The van der Waals surface area contributed by atoms with E-state index < -0.39 is 21.8 Å². The molecule has 0 bridgehead atoms.